The fourth-order valence-electron chi connectivity index (χ4n) is 4.39. The second kappa shape index (κ2) is 15.3. The van der Waals surface area contributed by atoms with Crippen LogP contribution in [0.5, 0.6) is 5.75 Å². The molecule has 2 amide bonds. The zero-order valence-electron chi connectivity index (χ0n) is 24.3. The number of methoxy groups -OCH3 is 1. The minimum atomic E-state index is -4.20. The number of nitrogens with zero attached hydrogens (tertiary/aromatic N) is 2. The molecule has 1 atom stereocenters. The lowest BCUT2D eigenvalue weighted by Gasteiger charge is -2.33. The lowest BCUT2D eigenvalue weighted by molar-refractivity contribution is -0.140. The van der Waals surface area contributed by atoms with E-state index in [1.54, 1.807) is 61.5 Å². The molecule has 0 fully saturated rings. The van der Waals surface area contributed by atoms with Crippen molar-refractivity contribution in [3.8, 4) is 5.75 Å². The van der Waals surface area contributed by atoms with Gasteiger partial charge in [0.25, 0.3) is 10.0 Å². The number of amides is 2. The molecule has 226 valence electrons. The third kappa shape index (κ3) is 8.40. The first-order chi connectivity index (χ1) is 20.0. The molecular formula is C31H37Cl2N3O5S. The van der Waals surface area contributed by atoms with Gasteiger partial charge in [0.1, 0.15) is 18.3 Å². The summed E-state index contributed by atoms with van der Waals surface area (Å²) in [5.74, 6) is -0.466. The first-order valence-corrected chi connectivity index (χ1v) is 16.0. The molecule has 11 heteroatoms. The van der Waals surface area contributed by atoms with Crippen LogP contribution in [0.1, 0.15) is 44.2 Å². The maximum Gasteiger partial charge on any atom is 0.264 e. The van der Waals surface area contributed by atoms with Crippen LogP contribution in [-0.2, 0) is 26.2 Å². The van der Waals surface area contributed by atoms with E-state index in [1.807, 2.05) is 13.8 Å². The topological polar surface area (TPSA) is 96.0 Å². The zero-order valence-corrected chi connectivity index (χ0v) is 26.6. The zero-order chi connectivity index (χ0) is 30.9. The Labute approximate surface area is 258 Å². The van der Waals surface area contributed by atoms with Crippen LogP contribution in [0.25, 0.3) is 0 Å². The Morgan fingerprint density at radius 2 is 1.71 bits per heavy atom. The second-order valence-corrected chi connectivity index (χ2v) is 12.6. The summed E-state index contributed by atoms with van der Waals surface area (Å²) in [6.07, 6.45) is 1.99. The van der Waals surface area contributed by atoms with Gasteiger partial charge in [0.15, 0.2) is 0 Å². The Balaban J connectivity index is 2.08. The largest absolute Gasteiger partial charge is 0.497 e. The molecule has 0 unspecified atom stereocenters. The third-order valence-corrected chi connectivity index (χ3v) is 9.18. The van der Waals surface area contributed by atoms with E-state index in [0.717, 1.165) is 22.7 Å². The maximum atomic E-state index is 14.2. The Kier molecular flexibility index (Phi) is 12.1. The average Bonchev–Trinajstić information content (AvgIpc) is 2.97. The van der Waals surface area contributed by atoms with Gasteiger partial charge in [-0.25, -0.2) is 8.42 Å². The minimum absolute atomic E-state index is 0.0227. The fourth-order valence-corrected chi connectivity index (χ4v) is 6.27. The van der Waals surface area contributed by atoms with Crippen molar-refractivity contribution in [3.63, 3.8) is 0 Å². The van der Waals surface area contributed by atoms with Crippen molar-refractivity contribution in [2.24, 2.45) is 0 Å². The van der Waals surface area contributed by atoms with Crippen LogP contribution in [-0.4, -0.2) is 51.4 Å². The van der Waals surface area contributed by atoms with Gasteiger partial charge in [0.2, 0.25) is 11.8 Å². The number of carbonyl (C=O) groups excluding carboxylic acids is 2. The molecule has 0 aliphatic rings. The molecule has 0 heterocycles. The molecule has 3 rings (SSSR count). The fraction of sp³-hybridized carbons (Fsp3) is 0.355. The van der Waals surface area contributed by atoms with Crippen molar-refractivity contribution in [1.82, 2.24) is 10.2 Å². The first-order valence-electron chi connectivity index (χ1n) is 13.8. The molecule has 0 saturated heterocycles. The van der Waals surface area contributed by atoms with Crippen LogP contribution in [0, 0.1) is 6.92 Å². The number of rotatable bonds is 14. The van der Waals surface area contributed by atoms with E-state index in [9.17, 15) is 18.0 Å². The van der Waals surface area contributed by atoms with Gasteiger partial charge in [-0.15, -0.1) is 0 Å². The molecule has 3 aromatic rings. The number of halogens is 2. The van der Waals surface area contributed by atoms with Crippen LogP contribution in [0.15, 0.2) is 71.6 Å². The highest BCUT2D eigenvalue weighted by molar-refractivity contribution is 7.92. The highest BCUT2D eigenvalue weighted by Gasteiger charge is 2.34. The Hall–Kier alpha value is -3.27. The second-order valence-electron chi connectivity index (χ2n) is 9.85. The van der Waals surface area contributed by atoms with Gasteiger partial charge in [0, 0.05) is 29.2 Å². The molecule has 0 aliphatic heterocycles. The monoisotopic (exact) mass is 633 g/mol. The molecule has 0 spiro atoms. The number of ether oxygens (including phenoxy) is 1. The summed E-state index contributed by atoms with van der Waals surface area (Å²) in [7, 11) is -2.72. The van der Waals surface area contributed by atoms with E-state index in [2.05, 4.69) is 5.32 Å². The van der Waals surface area contributed by atoms with Crippen molar-refractivity contribution in [2.75, 3.05) is 24.5 Å². The van der Waals surface area contributed by atoms with Gasteiger partial charge in [-0.3, -0.25) is 13.9 Å². The standard InChI is InChI=1S/C31H37Cl2N3O5S/c1-5-7-17-34-31(38)29(6-2)35(20-23-13-14-24(32)18-28(23)33)30(37)21-36(25-9-8-10-26(19-25)41-4)42(39,40)27-15-11-22(3)12-16-27/h8-16,18-19,29H,5-7,17,20-21H2,1-4H3,(H,34,38)/t29-/m1/s1. The van der Waals surface area contributed by atoms with Crippen molar-refractivity contribution < 1.29 is 22.7 Å². The number of anilines is 1. The normalized spacial score (nSPS) is 12.0. The first kappa shape index (κ1) is 33.2. The van der Waals surface area contributed by atoms with Gasteiger partial charge in [0.05, 0.1) is 17.7 Å². The molecule has 0 saturated carbocycles. The summed E-state index contributed by atoms with van der Waals surface area (Å²) in [6, 6.07) is 16.9. The van der Waals surface area contributed by atoms with Crippen LogP contribution in [0.4, 0.5) is 5.69 Å². The number of hydrogen-bond donors (Lipinski definition) is 1. The SMILES string of the molecule is CCCCNC(=O)[C@@H](CC)N(Cc1ccc(Cl)cc1Cl)C(=O)CN(c1cccc(OC)c1)S(=O)(=O)c1ccc(C)cc1. The summed E-state index contributed by atoms with van der Waals surface area (Å²) < 4.78 is 34.4. The predicted octanol–water partition coefficient (Wildman–Crippen LogP) is 6.23. The molecule has 0 bridgehead atoms. The van der Waals surface area contributed by atoms with E-state index >= 15 is 0 Å². The molecule has 42 heavy (non-hydrogen) atoms. The van der Waals surface area contributed by atoms with Crippen LogP contribution in [0.2, 0.25) is 10.0 Å². The molecule has 0 aromatic heterocycles. The van der Waals surface area contributed by atoms with Crippen molar-refractivity contribution in [3.05, 3.63) is 87.9 Å². The third-order valence-electron chi connectivity index (χ3n) is 6.80. The van der Waals surface area contributed by atoms with E-state index in [0.29, 0.717) is 34.3 Å². The average molecular weight is 635 g/mol. The lowest BCUT2D eigenvalue weighted by Crippen LogP contribution is -2.52. The lowest BCUT2D eigenvalue weighted by atomic mass is 10.1. The summed E-state index contributed by atoms with van der Waals surface area (Å²) >= 11 is 12.6. The number of nitrogens with one attached hydrogen (secondary N) is 1. The summed E-state index contributed by atoms with van der Waals surface area (Å²) in [5, 5.41) is 3.67. The van der Waals surface area contributed by atoms with Gasteiger partial charge >= 0.3 is 0 Å². The molecule has 3 aromatic carbocycles. The molecular weight excluding hydrogens is 597 g/mol. The van der Waals surface area contributed by atoms with Crippen LogP contribution >= 0.6 is 23.2 Å². The van der Waals surface area contributed by atoms with Crippen LogP contribution in [0.3, 0.4) is 0 Å². The number of hydrogen-bond acceptors (Lipinski definition) is 5. The number of aryl methyl sites for hydroxylation is 1. The highest BCUT2D eigenvalue weighted by atomic mass is 35.5. The van der Waals surface area contributed by atoms with Crippen LogP contribution < -0.4 is 14.4 Å². The number of sulfonamides is 1. The number of unbranched alkanes of at least 4 members (excludes halogenated alkanes) is 1. The van der Waals surface area contributed by atoms with Crippen molar-refractivity contribution >= 4 is 50.7 Å². The van der Waals surface area contributed by atoms with Gasteiger partial charge in [-0.05, 0) is 61.7 Å². The molecule has 0 aliphatic carbocycles. The molecule has 0 radical (unpaired) electrons. The van der Waals surface area contributed by atoms with E-state index in [1.165, 1.54) is 24.1 Å². The summed E-state index contributed by atoms with van der Waals surface area (Å²) in [6.45, 7) is 5.56. The van der Waals surface area contributed by atoms with E-state index in [-0.39, 0.29) is 23.0 Å². The number of carbonyl (C=O) groups is 2. The Morgan fingerprint density at radius 3 is 2.33 bits per heavy atom. The number of benzene rings is 3. The van der Waals surface area contributed by atoms with Gasteiger partial charge < -0.3 is 15.0 Å². The smallest absolute Gasteiger partial charge is 0.264 e. The molecule has 8 nitrogen and oxygen atoms in total. The van der Waals surface area contributed by atoms with Crippen molar-refractivity contribution in [2.45, 2.75) is 57.5 Å². The van der Waals surface area contributed by atoms with E-state index in [4.69, 9.17) is 27.9 Å². The quantitative estimate of drug-likeness (QED) is 0.212. The maximum absolute atomic E-state index is 14.2. The van der Waals surface area contributed by atoms with Crippen molar-refractivity contribution in [1.29, 1.82) is 0 Å². The van der Waals surface area contributed by atoms with Gasteiger partial charge in [-0.2, -0.15) is 0 Å². The highest BCUT2D eigenvalue weighted by Crippen LogP contribution is 2.29. The summed E-state index contributed by atoms with van der Waals surface area (Å²) in [5.41, 5.74) is 1.71. The predicted molar refractivity (Wildman–Crippen MR) is 168 cm³/mol. The van der Waals surface area contributed by atoms with Gasteiger partial charge in [-0.1, -0.05) is 73.3 Å². The minimum Gasteiger partial charge on any atom is -0.497 e. The summed E-state index contributed by atoms with van der Waals surface area (Å²) in [4.78, 5) is 28.9. The Bertz CT molecular complexity index is 1480. The molecule has 1 N–H and O–H groups in total. The Morgan fingerprint density at radius 1 is 1.00 bits per heavy atom. The van der Waals surface area contributed by atoms with E-state index < -0.39 is 28.5 Å².